The van der Waals surface area contributed by atoms with Crippen molar-refractivity contribution in [3.05, 3.63) is 88.7 Å². The number of aliphatic imine (C=N–C) groups is 1. The molecule has 2 heterocycles. The van der Waals surface area contributed by atoms with E-state index in [1.807, 2.05) is 6.07 Å². The molecule has 2 N–H and O–H groups in total. The van der Waals surface area contributed by atoms with Crippen molar-refractivity contribution in [2.45, 2.75) is 12.0 Å². The summed E-state index contributed by atoms with van der Waals surface area (Å²) in [7, 11) is 1.33. The van der Waals surface area contributed by atoms with Crippen LogP contribution in [0.3, 0.4) is 0 Å². The number of rotatable bonds is 4. The summed E-state index contributed by atoms with van der Waals surface area (Å²) in [6.45, 7) is 0. The average molecular weight is 453 g/mol. The summed E-state index contributed by atoms with van der Waals surface area (Å²) in [5.41, 5.74) is 3.20. The molecule has 0 aliphatic carbocycles. The molecule has 6 nitrogen and oxygen atoms in total. The van der Waals surface area contributed by atoms with Crippen LogP contribution in [0.15, 0.2) is 59.7 Å². The Kier molecular flexibility index (Phi) is 5.33. The first kappa shape index (κ1) is 22.0. The molecule has 10 heteroatoms. The van der Waals surface area contributed by atoms with Gasteiger partial charge in [-0.25, -0.2) is 22.6 Å². The van der Waals surface area contributed by atoms with Gasteiger partial charge in [-0.1, -0.05) is 12.1 Å². The van der Waals surface area contributed by atoms with Crippen molar-refractivity contribution >= 4 is 11.9 Å². The molecular formula is C23H15F4N5O. The molecule has 0 saturated carbocycles. The Labute approximate surface area is 185 Å². The van der Waals surface area contributed by atoms with E-state index >= 15 is 0 Å². The van der Waals surface area contributed by atoms with E-state index in [1.165, 1.54) is 43.4 Å². The molecule has 1 aliphatic rings. The van der Waals surface area contributed by atoms with Gasteiger partial charge in [-0.3, -0.25) is 14.7 Å². The number of halogens is 4. The minimum Gasteiger partial charge on any atom is -0.369 e. The summed E-state index contributed by atoms with van der Waals surface area (Å²) in [5.74, 6) is -3.46. The fourth-order valence-electron chi connectivity index (χ4n) is 3.74. The molecule has 166 valence electrons. The zero-order chi connectivity index (χ0) is 23.9. The summed E-state index contributed by atoms with van der Waals surface area (Å²) in [6.07, 6.45) is -1.86. The van der Waals surface area contributed by atoms with E-state index in [-0.39, 0.29) is 33.8 Å². The van der Waals surface area contributed by atoms with E-state index in [1.54, 1.807) is 0 Å². The molecular weight excluding hydrogens is 438 g/mol. The first-order valence-corrected chi connectivity index (χ1v) is 9.57. The van der Waals surface area contributed by atoms with E-state index < -0.39 is 35.2 Å². The monoisotopic (exact) mass is 453 g/mol. The standard InChI is InChI=1S/C23H15F4N5O/c1-32-21(33)23(31-22(32)29,14-5-6-30-18(10-14)20(26)27)15-8-16(19(25)17(24)9-15)13-4-2-3-12(7-13)11-28/h2-10,20H,1H3,(H2,29,31). The number of benzene rings is 2. The summed E-state index contributed by atoms with van der Waals surface area (Å²) in [6, 6.07) is 12.0. The molecule has 0 saturated heterocycles. The number of carbonyl (C=O) groups is 1. The second kappa shape index (κ2) is 8.02. The Morgan fingerprint density at radius 1 is 1.12 bits per heavy atom. The summed E-state index contributed by atoms with van der Waals surface area (Å²) < 4.78 is 56.3. The Balaban J connectivity index is 2.02. The highest BCUT2D eigenvalue weighted by atomic mass is 19.3. The van der Waals surface area contributed by atoms with Crippen molar-refractivity contribution in [2.75, 3.05) is 7.05 Å². The van der Waals surface area contributed by atoms with Crippen LogP contribution >= 0.6 is 0 Å². The molecule has 3 aromatic rings. The molecule has 1 aromatic heterocycles. The van der Waals surface area contributed by atoms with Crippen molar-refractivity contribution in [3.63, 3.8) is 0 Å². The number of hydrogen-bond donors (Lipinski definition) is 1. The van der Waals surface area contributed by atoms with Crippen LogP contribution in [0.4, 0.5) is 17.6 Å². The zero-order valence-corrected chi connectivity index (χ0v) is 17.1. The molecule has 1 unspecified atom stereocenters. The van der Waals surface area contributed by atoms with Crippen molar-refractivity contribution in [1.29, 1.82) is 5.26 Å². The van der Waals surface area contributed by atoms with E-state index in [0.717, 1.165) is 23.2 Å². The molecule has 0 bridgehead atoms. The lowest BCUT2D eigenvalue weighted by Crippen LogP contribution is -2.41. The minimum absolute atomic E-state index is 0.0344. The minimum atomic E-state index is -2.94. The highest BCUT2D eigenvalue weighted by molar-refractivity contribution is 6.09. The normalized spacial score (nSPS) is 17.9. The summed E-state index contributed by atoms with van der Waals surface area (Å²) >= 11 is 0. The molecule has 1 aliphatic heterocycles. The number of likely N-dealkylation sites (N-methyl/N-ethyl adjacent to an activating group) is 1. The first-order chi connectivity index (χ1) is 15.7. The lowest BCUT2D eigenvalue weighted by atomic mass is 9.81. The SMILES string of the molecule is CN1C(=O)C(c2ccnc(C(F)F)c2)(c2cc(F)c(F)c(-c3cccc(C#N)c3)c2)N=C1N. The zero-order valence-electron chi connectivity index (χ0n) is 17.1. The molecule has 0 spiro atoms. The van der Waals surface area contributed by atoms with Gasteiger partial charge < -0.3 is 5.73 Å². The van der Waals surface area contributed by atoms with Gasteiger partial charge >= 0.3 is 0 Å². The van der Waals surface area contributed by atoms with Crippen molar-refractivity contribution < 1.29 is 22.4 Å². The lowest BCUT2D eigenvalue weighted by Gasteiger charge is -2.27. The Morgan fingerprint density at radius 3 is 2.52 bits per heavy atom. The van der Waals surface area contributed by atoms with E-state index in [2.05, 4.69) is 9.98 Å². The van der Waals surface area contributed by atoms with Gasteiger partial charge in [0.05, 0.1) is 11.6 Å². The highest BCUT2D eigenvalue weighted by Gasteiger charge is 2.50. The van der Waals surface area contributed by atoms with Crippen LogP contribution < -0.4 is 5.73 Å². The Morgan fingerprint density at radius 2 is 1.88 bits per heavy atom. The maximum atomic E-state index is 14.8. The number of pyridine rings is 1. The van der Waals surface area contributed by atoms with Gasteiger partial charge in [0.25, 0.3) is 12.3 Å². The molecule has 2 aromatic carbocycles. The van der Waals surface area contributed by atoms with E-state index in [0.29, 0.717) is 0 Å². The summed E-state index contributed by atoms with van der Waals surface area (Å²) in [5, 5.41) is 9.15. The second-order valence-corrected chi connectivity index (χ2v) is 7.33. The lowest BCUT2D eigenvalue weighted by molar-refractivity contribution is -0.129. The number of hydrogen-bond acceptors (Lipinski definition) is 5. The quantitative estimate of drug-likeness (QED) is 0.607. The van der Waals surface area contributed by atoms with Crippen LogP contribution in [0, 0.1) is 23.0 Å². The second-order valence-electron chi connectivity index (χ2n) is 7.33. The molecule has 0 fully saturated rings. The number of nitrogens with zero attached hydrogens (tertiary/aromatic N) is 4. The van der Waals surface area contributed by atoms with Gasteiger partial charge in [0.1, 0.15) is 5.69 Å². The van der Waals surface area contributed by atoms with Crippen molar-refractivity contribution in [2.24, 2.45) is 10.7 Å². The number of aromatic nitrogens is 1. The van der Waals surface area contributed by atoms with Crippen LogP contribution in [0.5, 0.6) is 0 Å². The number of nitriles is 1. The van der Waals surface area contributed by atoms with Gasteiger partial charge in [-0.15, -0.1) is 0 Å². The average Bonchev–Trinajstić information content (AvgIpc) is 3.05. The Hall–Kier alpha value is -4.26. The van der Waals surface area contributed by atoms with Gasteiger partial charge in [0.15, 0.2) is 23.1 Å². The van der Waals surface area contributed by atoms with Crippen LogP contribution in [-0.4, -0.2) is 28.8 Å². The first-order valence-electron chi connectivity index (χ1n) is 9.57. The van der Waals surface area contributed by atoms with Crippen molar-refractivity contribution in [1.82, 2.24) is 9.88 Å². The van der Waals surface area contributed by atoms with Crippen molar-refractivity contribution in [3.8, 4) is 17.2 Å². The largest absolute Gasteiger partial charge is 0.369 e. The van der Waals surface area contributed by atoms with Gasteiger partial charge in [0, 0.05) is 18.8 Å². The fourth-order valence-corrected chi connectivity index (χ4v) is 3.74. The van der Waals surface area contributed by atoms with Crippen LogP contribution in [0.1, 0.15) is 28.8 Å². The third-order valence-electron chi connectivity index (χ3n) is 5.41. The third kappa shape index (κ3) is 3.47. The molecule has 0 radical (unpaired) electrons. The smallest absolute Gasteiger partial charge is 0.280 e. The highest BCUT2D eigenvalue weighted by Crippen LogP contribution is 2.42. The topological polar surface area (TPSA) is 95.4 Å². The summed E-state index contributed by atoms with van der Waals surface area (Å²) in [4.78, 5) is 22.1. The molecule has 1 atom stereocenters. The van der Waals surface area contributed by atoms with E-state index in [4.69, 9.17) is 11.0 Å². The molecule has 1 amide bonds. The van der Waals surface area contributed by atoms with Gasteiger partial charge in [-0.05, 0) is 53.1 Å². The van der Waals surface area contributed by atoms with Crippen LogP contribution in [0.25, 0.3) is 11.1 Å². The third-order valence-corrected chi connectivity index (χ3v) is 5.41. The van der Waals surface area contributed by atoms with Gasteiger partial charge in [-0.2, -0.15) is 5.26 Å². The Bertz CT molecular complexity index is 1350. The number of carbonyl (C=O) groups excluding carboxylic acids is 1. The van der Waals surface area contributed by atoms with Crippen LogP contribution in [-0.2, 0) is 10.3 Å². The fraction of sp³-hybridized carbons (Fsp3) is 0.130. The maximum absolute atomic E-state index is 14.8. The molecule has 33 heavy (non-hydrogen) atoms. The van der Waals surface area contributed by atoms with Crippen LogP contribution in [0.2, 0.25) is 0 Å². The predicted octanol–water partition coefficient (Wildman–Crippen LogP) is 3.87. The maximum Gasteiger partial charge on any atom is 0.280 e. The number of amides is 1. The van der Waals surface area contributed by atoms with Gasteiger partial charge in [0.2, 0.25) is 0 Å². The molecule has 4 rings (SSSR count). The number of alkyl halides is 2. The number of nitrogens with two attached hydrogens (primary N) is 1. The number of guanidine groups is 1. The predicted molar refractivity (Wildman–Crippen MR) is 111 cm³/mol. The van der Waals surface area contributed by atoms with E-state index in [9.17, 15) is 22.4 Å².